The Kier molecular flexibility index (Phi) is 5.81. The van der Waals surface area contributed by atoms with Crippen molar-refractivity contribution in [2.75, 3.05) is 32.7 Å². The molecule has 1 aromatic carbocycles. The number of sulfonamides is 1. The van der Waals surface area contributed by atoms with Gasteiger partial charge in [-0.05, 0) is 37.1 Å². The SMILES string of the molecule is CC(C)CCN1CCN(S(=O)(=O)c2ccc(-c3c(O)[nH]c4ccccc34)nc2)CC1. The zero-order valence-electron chi connectivity index (χ0n) is 17.4. The number of nitrogens with one attached hydrogen (secondary N) is 1. The van der Waals surface area contributed by atoms with Gasteiger partial charge in [0.2, 0.25) is 10.0 Å². The summed E-state index contributed by atoms with van der Waals surface area (Å²) >= 11 is 0. The van der Waals surface area contributed by atoms with Crippen molar-refractivity contribution in [2.24, 2.45) is 5.92 Å². The Morgan fingerprint density at radius 1 is 1.10 bits per heavy atom. The molecule has 160 valence electrons. The molecule has 0 radical (unpaired) electrons. The molecule has 0 aliphatic carbocycles. The summed E-state index contributed by atoms with van der Waals surface area (Å²) in [5.41, 5.74) is 1.91. The summed E-state index contributed by atoms with van der Waals surface area (Å²) in [4.78, 5) is 9.80. The van der Waals surface area contributed by atoms with Gasteiger partial charge in [0, 0.05) is 43.3 Å². The van der Waals surface area contributed by atoms with E-state index < -0.39 is 10.0 Å². The van der Waals surface area contributed by atoms with E-state index in [-0.39, 0.29) is 10.8 Å². The van der Waals surface area contributed by atoms with Gasteiger partial charge in [0.15, 0.2) is 5.88 Å². The number of H-pyrrole nitrogens is 1. The van der Waals surface area contributed by atoms with Crippen molar-refractivity contribution in [3.63, 3.8) is 0 Å². The molecule has 0 saturated carbocycles. The maximum Gasteiger partial charge on any atom is 0.244 e. The zero-order valence-corrected chi connectivity index (χ0v) is 18.2. The van der Waals surface area contributed by atoms with Crippen LogP contribution >= 0.6 is 0 Å². The van der Waals surface area contributed by atoms with Crippen LogP contribution in [0.3, 0.4) is 0 Å². The molecule has 8 heteroatoms. The molecular formula is C22H28N4O3S. The van der Waals surface area contributed by atoms with Crippen molar-refractivity contribution in [3.8, 4) is 17.1 Å². The molecule has 7 nitrogen and oxygen atoms in total. The number of benzene rings is 1. The number of hydrogen-bond acceptors (Lipinski definition) is 5. The molecule has 0 amide bonds. The lowest BCUT2D eigenvalue weighted by Crippen LogP contribution is -2.48. The van der Waals surface area contributed by atoms with Crippen LogP contribution in [0.2, 0.25) is 0 Å². The summed E-state index contributed by atoms with van der Waals surface area (Å²) in [6, 6.07) is 10.8. The van der Waals surface area contributed by atoms with Crippen LogP contribution in [-0.4, -0.2) is 65.4 Å². The maximum absolute atomic E-state index is 13.0. The molecule has 2 N–H and O–H groups in total. The predicted octanol–water partition coefficient (Wildman–Crippen LogP) is 3.29. The third kappa shape index (κ3) is 4.08. The van der Waals surface area contributed by atoms with Gasteiger partial charge in [0.25, 0.3) is 0 Å². The number of hydrogen-bond donors (Lipinski definition) is 2. The molecular weight excluding hydrogens is 400 g/mol. The summed E-state index contributed by atoms with van der Waals surface area (Å²) in [5, 5.41) is 11.1. The predicted molar refractivity (Wildman–Crippen MR) is 118 cm³/mol. The van der Waals surface area contributed by atoms with Gasteiger partial charge < -0.3 is 15.0 Å². The second-order valence-electron chi connectivity index (χ2n) is 8.20. The Hall–Kier alpha value is -2.42. The fourth-order valence-corrected chi connectivity index (χ4v) is 5.22. The highest BCUT2D eigenvalue weighted by molar-refractivity contribution is 7.89. The first-order valence-electron chi connectivity index (χ1n) is 10.3. The second-order valence-corrected chi connectivity index (χ2v) is 10.1. The number of rotatable bonds is 6. The van der Waals surface area contributed by atoms with Gasteiger partial charge in [0.1, 0.15) is 4.90 Å². The minimum atomic E-state index is -3.58. The molecule has 30 heavy (non-hydrogen) atoms. The number of nitrogens with zero attached hydrogens (tertiary/aromatic N) is 3. The number of piperazine rings is 1. The van der Waals surface area contributed by atoms with Crippen LogP contribution in [0.1, 0.15) is 20.3 Å². The van der Waals surface area contributed by atoms with E-state index in [1.54, 1.807) is 16.4 Å². The molecule has 1 aliphatic heterocycles. The van der Waals surface area contributed by atoms with E-state index >= 15 is 0 Å². The summed E-state index contributed by atoms with van der Waals surface area (Å²) in [5.74, 6) is 0.671. The largest absolute Gasteiger partial charge is 0.494 e. The number of para-hydroxylation sites is 1. The number of fused-ring (bicyclic) bond motifs is 1. The summed E-state index contributed by atoms with van der Waals surface area (Å²) < 4.78 is 27.6. The van der Waals surface area contributed by atoms with Crippen molar-refractivity contribution in [1.29, 1.82) is 0 Å². The van der Waals surface area contributed by atoms with Crippen molar-refractivity contribution in [3.05, 3.63) is 42.6 Å². The number of aromatic amines is 1. The highest BCUT2D eigenvalue weighted by Crippen LogP contribution is 2.35. The van der Waals surface area contributed by atoms with Gasteiger partial charge in [-0.2, -0.15) is 4.31 Å². The lowest BCUT2D eigenvalue weighted by atomic mass is 10.1. The van der Waals surface area contributed by atoms with E-state index in [0.29, 0.717) is 30.3 Å². The molecule has 3 aromatic rings. The van der Waals surface area contributed by atoms with Crippen LogP contribution < -0.4 is 0 Å². The third-order valence-corrected chi connectivity index (χ3v) is 7.55. The molecule has 4 rings (SSSR count). The Bertz CT molecular complexity index is 1110. The highest BCUT2D eigenvalue weighted by atomic mass is 32.2. The minimum absolute atomic E-state index is 0.0248. The van der Waals surface area contributed by atoms with Crippen LogP contribution in [0, 0.1) is 5.92 Å². The van der Waals surface area contributed by atoms with Gasteiger partial charge in [-0.15, -0.1) is 0 Å². The summed E-state index contributed by atoms with van der Waals surface area (Å²) in [7, 11) is -3.58. The Morgan fingerprint density at radius 3 is 2.50 bits per heavy atom. The molecule has 1 saturated heterocycles. The zero-order chi connectivity index (χ0) is 21.3. The van der Waals surface area contributed by atoms with Gasteiger partial charge in [-0.25, -0.2) is 8.42 Å². The van der Waals surface area contributed by atoms with E-state index in [0.717, 1.165) is 37.0 Å². The van der Waals surface area contributed by atoms with E-state index in [9.17, 15) is 13.5 Å². The van der Waals surface area contributed by atoms with Crippen LogP contribution in [0.15, 0.2) is 47.5 Å². The number of aromatic nitrogens is 2. The molecule has 0 unspecified atom stereocenters. The van der Waals surface area contributed by atoms with Gasteiger partial charge in [-0.3, -0.25) is 4.98 Å². The van der Waals surface area contributed by atoms with E-state index in [4.69, 9.17) is 0 Å². The topological polar surface area (TPSA) is 89.5 Å². The first-order chi connectivity index (χ1) is 14.4. The Labute approximate surface area is 177 Å². The van der Waals surface area contributed by atoms with Crippen LogP contribution in [0.5, 0.6) is 5.88 Å². The summed E-state index contributed by atoms with van der Waals surface area (Å²) in [6.45, 7) is 7.90. The van der Waals surface area contributed by atoms with Crippen molar-refractivity contribution < 1.29 is 13.5 Å². The van der Waals surface area contributed by atoms with Crippen LogP contribution in [0.25, 0.3) is 22.2 Å². The smallest absolute Gasteiger partial charge is 0.244 e. The van der Waals surface area contributed by atoms with Gasteiger partial charge in [0.05, 0.1) is 11.3 Å². The first-order valence-corrected chi connectivity index (χ1v) is 11.8. The molecule has 0 spiro atoms. The standard InChI is InChI=1S/C22H28N4O3S/c1-16(2)9-10-25-11-13-26(14-12-25)30(28,29)17-7-8-20(23-15-17)21-18-5-3-4-6-19(18)24-22(21)27/h3-8,15-16,24,27H,9-14H2,1-2H3. The van der Waals surface area contributed by atoms with Crippen molar-refractivity contribution >= 4 is 20.9 Å². The normalized spacial score (nSPS) is 16.5. The third-order valence-electron chi connectivity index (χ3n) is 5.67. The minimum Gasteiger partial charge on any atom is -0.494 e. The van der Waals surface area contributed by atoms with E-state index in [1.165, 1.54) is 6.20 Å². The fourth-order valence-electron chi connectivity index (χ4n) is 3.85. The molecule has 0 atom stereocenters. The average molecular weight is 429 g/mol. The van der Waals surface area contributed by atoms with Gasteiger partial charge in [-0.1, -0.05) is 32.0 Å². The van der Waals surface area contributed by atoms with E-state index in [2.05, 4.69) is 28.7 Å². The molecule has 2 aromatic heterocycles. The highest BCUT2D eigenvalue weighted by Gasteiger charge is 2.29. The fraction of sp³-hybridized carbons (Fsp3) is 0.409. The molecule has 0 bridgehead atoms. The second kappa shape index (κ2) is 8.37. The molecule has 3 heterocycles. The van der Waals surface area contributed by atoms with Crippen LogP contribution in [-0.2, 0) is 10.0 Å². The van der Waals surface area contributed by atoms with Crippen LogP contribution in [0.4, 0.5) is 0 Å². The molecule has 1 aliphatic rings. The Morgan fingerprint density at radius 2 is 1.83 bits per heavy atom. The number of aromatic hydroxyl groups is 1. The lowest BCUT2D eigenvalue weighted by Gasteiger charge is -2.34. The molecule has 1 fully saturated rings. The number of pyridine rings is 1. The van der Waals surface area contributed by atoms with Gasteiger partial charge >= 0.3 is 0 Å². The van der Waals surface area contributed by atoms with Crippen molar-refractivity contribution in [2.45, 2.75) is 25.2 Å². The Balaban J connectivity index is 1.50. The maximum atomic E-state index is 13.0. The average Bonchev–Trinajstić information content (AvgIpc) is 3.08. The quantitative estimate of drug-likeness (QED) is 0.629. The first kappa shape index (κ1) is 20.8. The lowest BCUT2D eigenvalue weighted by molar-refractivity contribution is 0.180. The summed E-state index contributed by atoms with van der Waals surface area (Å²) in [6.07, 6.45) is 2.51. The van der Waals surface area contributed by atoms with E-state index in [1.807, 2.05) is 24.3 Å². The van der Waals surface area contributed by atoms with Crippen molar-refractivity contribution in [1.82, 2.24) is 19.2 Å². The monoisotopic (exact) mass is 428 g/mol.